The van der Waals surface area contributed by atoms with Gasteiger partial charge in [-0.2, -0.15) is 14.0 Å². The fourth-order valence-electron chi connectivity index (χ4n) is 4.63. The van der Waals surface area contributed by atoms with E-state index in [2.05, 4.69) is 92.1 Å². The van der Waals surface area contributed by atoms with Crippen LogP contribution in [0.2, 0.25) is 0 Å². The predicted octanol–water partition coefficient (Wildman–Crippen LogP) is 6.81. The van der Waals surface area contributed by atoms with Gasteiger partial charge in [0.1, 0.15) is 33.4 Å². The van der Waals surface area contributed by atoms with Crippen molar-refractivity contribution in [3.8, 4) is 16.5 Å². The molecule has 2 aromatic carbocycles. The number of rotatable bonds is 5. The molecule has 1 aliphatic heterocycles. The number of hydrogen-bond acceptors (Lipinski definition) is 10. The molecule has 0 radical (unpaired) electrons. The molecule has 0 saturated carbocycles. The Kier molecular flexibility index (Phi) is 6.94. The molecule has 11 heteroatoms. The summed E-state index contributed by atoms with van der Waals surface area (Å²) < 4.78 is 8.96. The van der Waals surface area contributed by atoms with E-state index in [0.717, 1.165) is 43.4 Å². The zero-order valence-electron chi connectivity index (χ0n) is 23.1. The molecule has 6 rings (SSSR count). The van der Waals surface area contributed by atoms with Crippen molar-refractivity contribution in [3.63, 3.8) is 0 Å². The highest BCUT2D eigenvalue weighted by atomic mass is 32.1. The minimum Gasteiger partial charge on any atom is -0.302 e. The standard InChI is InChI=1S/C31H23N7O2S2/c1-17-5-9-20(10-6-17)38(21-11-7-18(2)8-12-21)25-14-13-24(41-25)23-16-33-29(28-27(23)35-42-36-28)34-26-19(3)22(15-32)30(39)37(4)31(26)40/h5-14,16H,1-4H3. The van der Waals surface area contributed by atoms with Gasteiger partial charge in [0.25, 0.3) is 11.8 Å². The number of amides is 2. The number of pyridine rings is 1. The summed E-state index contributed by atoms with van der Waals surface area (Å²) in [7, 11) is 1.32. The molecule has 3 aromatic heterocycles. The zero-order valence-corrected chi connectivity index (χ0v) is 24.7. The number of thiophene rings is 1. The summed E-state index contributed by atoms with van der Waals surface area (Å²) >= 11 is 2.63. The lowest BCUT2D eigenvalue weighted by Crippen LogP contribution is -2.44. The van der Waals surface area contributed by atoms with Crippen LogP contribution in [0, 0.1) is 25.2 Å². The average molecular weight is 590 g/mol. The molecule has 0 fully saturated rings. The number of benzene rings is 2. The van der Waals surface area contributed by atoms with Crippen LogP contribution in [0.5, 0.6) is 0 Å². The van der Waals surface area contributed by atoms with E-state index in [4.69, 9.17) is 0 Å². The Morgan fingerprint density at radius 2 is 1.48 bits per heavy atom. The number of aromatic nitrogens is 3. The number of nitriles is 1. The van der Waals surface area contributed by atoms with E-state index in [1.807, 2.05) is 12.1 Å². The fourth-order valence-corrected chi connectivity index (χ4v) is 6.25. The summed E-state index contributed by atoms with van der Waals surface area (Å²) in [5.74, 6) is -1.06. The molecule has 0 aliphatic carbocycles. The molecule has 0 atom stereocenters. The fraction of sp³-hybridized carbons (Fsp3) is 0.129. The normalized spacial score (nSPS) is 14.6. The van der Waals surface area contributed by atoms with Gasteiger partial charge in [0.2, 0.25) is 0 Å². The topological polar surface area (TPSA) is 115 Å². The van der Waals surface area contributed by atoms with Gasteiger partial charge in [0.15, 0.2) is 5.82 Å². The van der Waals surface area contributed by atoms with Crippen LogP contribution >= 0.6 is 23.1 Å². The van der Waals surface area contributed by atoms with Crippen LogP contribution in [0.15, 0.2) is 83.0 Å². The molecule has 1 aliphatic rings. The third-order valence-corrected chi connectivity index (χ3v) is 8.65. The minimum absolute atomic E-state index is 0.0200. The maximum absolute atomic E-state index is 12.9. The molecular weight excluding hydrogens is 567 g/mol. The Morgan fingerprint density at radius 3 is 2.10 bits per heavy atom. The van der Waals surface area contributed by atoms with E-state index in [0.29, 0.717) is 11.0 Å². The predicted molar refractivity (Wildman–Crippen MR) is 166 cm³/mol. The number of aliphatic imine (C=N–C) groups is 1. The van der Waals surface area contributed by atoms with Crippen LogP contribution in [-0.2, 0) is 9.59 Å². The highest BCUT2D eigenvalue weighted by Crippen LogP contribution is 2.43. The van der Waals surface area contributed by atoms with E-state index in [-0.39, 0.29) is 22.7 Å². The highest BCUT2D eigenvalue weighted by molar-refractivity contribution is 7.19. The van der Waals surface area contributed by atoms with Crippen LogP contribution in [0.1, 0.15) is 18.1 Å². The number of nitrogens with zero attached hydrogens (tertiary/aromatic N) is 7. The van der Waals surface area contributed by atoms with Gasteiger partial charge in [-0.1, -0.05) is 35.4 Å². The summed E-state index contributed by atoms with van der Waals surface area (Å²) in [6.07, 6.45) is 1.67. The van der Waals surface area contributed by atoms with Gasteiger partial charge in [0.05, 0.1) is 11.7 Å². The number of anilines is 3. The molecule has 4 heterocycles. The molecule has 5 aromatic rings. The molecular formula is C31H23N7O2S2. The summed E-state index contributed by atoms with van der Waals surface area (Å²) in [6.45, 7) is 5.67. The van der Waals surface area contributed by atoms with Gasteiger partial charge < -0.3 is 4.90 Å². The first-order valence-electron chi connectivity index (χ1n) is 12.9. The van der Waals surface area contributed by atoms with Gasteiger partial charge in [-0.25, -0.2) is 9.98 Å². The first kappa shape index (κ1) is 27.1. The molecule has 0 spiro atoms. The lowest BCUT2D eigenvalue weighted by atomic mass is 9.99. The van der Waals surface area contributed by atoms with Crippen molar-refractivity contribution in [2.45, 2.75) is 20.8 Å². The van der Waals surface area contributed by atoms with Gasteiger partial charge in [0, 0.05) is 40.6 Å². The molecule has 0 unspecified atom stereocenters. The third-order valence-electron chi connectivity index (χ3n) is 7.02. The molecule has 2 amide bonds. The maximum atomic E-state index is 12.9. The number of carbonyl (C=O) groups excluding carboxylic acids is 2. The van der Waals surface area contributed by atoms with Crippen molar-refractivity contribution in [3.05, 3.63) is 89.1 Å². The minimum atomic E-state index is -0.651. The van der Waals surface area contributed by atoms with Gasteiger partial charge in [-0.3, -0.25) is 14.5 Å². The number of likely N-dealkylation sites (N-methyl/N-ethyl adjacent to an activating group) is 1. The van der Waals surface area contributed by atoms with E-state index in [9.17, 15) is 14.9 Å². The average Bonchev–Trinajstić information content (AvgIpc) is 3.68. The molecule has 42 heavy (non-hydrogen) atoms. The Morgan fingerprint density at radius 1 is 0.857 bits per heavy atom. The lowest BCUT2D eigenvalue weighted by molar-refractivity contribution is -0.136. The summed E-state index contributed by atoms with van der Waals surface area (Å²) in [4.78, 5) is 38.3. The van der Waals surface area contributed by atoms with Crippen molar-refractivity contribution in [1.29, 1.82) is 5.26 Å². The Hall–Kier alpha value is -5.05. The van der Waals surface area contributed by atoms with E-state index >= 15 is 0 Å². The largest absolute Gasteiger partial charge is 0.302 e. The smallest absolute Gasteiger partial charge is 0.279 e. The van der Waals surface area contributed by atoms with E-state index < -0.39 is 11.8 Å². The van der Waals surface area contributed by atoms with Crippen molar-refractivity contribution in [2.75, 3.05) is 11.9 Å². The molecule has 206 valence electrons. The number of aryl methyl sites for hydroxylation is 2. The molecule has 0 saturated heterocycles. The maximum Gasteiger partial charge on any atom is 0.279 e. The Balaban J connectivity index is 1.43. The molecule has 0 bridgehead atoms. The lowest BCUT2D eigenvalue weighted by Gasteiger charge is -2.24. The van der Waals surface area contributed by atoms with Crippen LogP contribution < -0.4 is 4.90 Å². The second kappa shape index (κ2) is 10.7. The second-order valence-electron chi connectivity index (χ2n) is 9.84. The van der Waals surface area contributed by atoms with Crippen LogP contribution in [-0.4, -0.2) is 43.2 Å². The van der Waals surface area contributed by atoms with Crippen molar-refractivity contribution < 1.29 is 9.59 Å². The van der Waals surface area contributed by atoms with E-state index in [1.54, 1.807) is 17.5 Å². The van der Waals surface area contributed by atoms with Gasteiger partial charge in [-0.05, 0) is 57.2 Å². The summed E-state index contributed by atoms with van der Waals surface area (Å²) in [5, 5.41) is 10.5. The van der Waals surface area contributed by atoms with Crippen LogP contribution in [0.4, 0.5) is 22.2 Å². The van der Waals surface area contributed by atoms with Crippen LogP contribution in [0.25, 0.3) is 21.5 Å². The number of fused-ring (bicyclic) bond motifs is 1. The molecule has 0 N–H and O–H groups in total. The van der Waals surface area contributed by atoms with Crippen molar-refractivity contribution in [2.24, 2.45) is 4.99 Å². The Labute approximate surface area is 250 Å². The third kappa shape index (κ3) is 4.66. The quantitative estimate of drug-likeness (QED) is 0.207. The monoisotopic (exact) mass is 589 g/mol. The molecule has 9 nitrogen and oxygen atoms in total. The number of imide groups is 1. The first-order chi connectivity index (χ1) is 20.3. The van der Waals surface area contributed by atoms with E-state index in [1.165, 1.54) is 25.1 Å². The zero-order chi connectivity index (χ0) is 29.5. The van der Waals surface area contributed by atoms with Crippen molar-refractivity contribution >= 4 is 73.8 Å². The number of carbonyl (C=O) groups is 2. The summed E-state index contributed by atoms with van der Waals surface area (Å²) in [6, 6.07) is 22.8. The summed E-state index contributed by atoms with van der Waals surface area (Å²) in [5.41, 5.74) is 6.36. The Bertz CT molecular complexity index is 1930. The highest BCUT2D eigenvalue weighted by Gasteiger charge is 2.34. The SMILES string of the molecule is CC1=C(C#N)C(=O)N(C)C(=O)C1=Nc1ncc(-c2ccc(N(c3ccc(C)cc3)c3ccc(C)cc3)s2)c2nsnc12. The number of hydrogen-bond donors (Lipinski definition) is 0. The first-order valence-corrected chi connectivity index (χ1v) is 14.5. The second-order valence-corrected chi connectivity index (χ2v) is 11.4. The van der Waals surface area contributed by atoms with Crippen LogP contribution in [0.3, 0.4) is 0 Å². The van der Waals surface area contributed by atoms with Gasteiger partial charge >= 0.3 is 0 Å². The van der Waals surface area contributed by atoms with Crippen molar-refractivity contribution in [1.82, 2.24) is 18.6 Å². The van der Waals surface area contributed by atoms with Gasteiger partial charge in [-0.15, -0.1) is 11.3 Å².